The van der Waals surface area contributed by atoms with Gasteiger partial charge in [-0.3, -0.25) is 0 Å². The predicted octanol–water partition coefficient (Wildman–Crippen LogP) is 10.5. The van der Waals surface area contributed by atoms with Crippen LogP contribution in [0.15, 0.2) is 60.9 Å². The number of rotatable bonds is 20. The summed E-state index contributed by atoms with van der Waals surface area (Å²) in [7, 11) is 0. The van der Waals surface area contributed by atoms with Gasteiger partial charge in [0.1, 0.15) is 12.4 Å². The summed E-state index contributed by atoms with van der Waals surface area (Å²) in [6, 6.07) is 13.7. The van der Waals surface area contributed by atoms with E-state index >= 15 is 0 Å². The molecule has 0 saturated carbocycles. The highest BCUT2D eigenvalue weighted by Crippen LogP contribution is 2.28. The maximum atomic E-state index is 13.4. The molecule has 0 aliphatic heterocycles. The molecule has 2 aromatic carbocycles. The van der Waals surface area contributed by atoms with E-state index in [0.29, 0.717) is 24.4 Å². The smallest absolute Gasteiger partial charge is 0.425 e. The molecule has 1 heterocycles. The molecule has 44 heavy (non-hydrogen) atoms. The number of carbonyl (C=O) groups is 1. The summed E-state index contributed by atoms with van der Waals surface area (Å²) < 4.78 is 50.8. The van der Waals surface area contributed by atoms with Crippen molar-refractivity contribution in [2.45, 2.75) is 123 Å². The molecular weight excluding hydrogens is 565 g/mol. The molecule has 240 valence electrons. The van der Waals surface area contributed by atoms with Gasteiger partial charge in [-0.25, -0.2) is 14.8 Å². The molecule has 3 aromatic rings. The Kier molecular flexibility index (Phi) is 15.2. The molecule has 1 atom stereocenters. The summed E-state index contributed by atoms with van der Waals surface area (Å²) in [6.45, 7) is 4.47. The lowest BCUT2D eigenvalue weighted by atomic mass is 10.1. The van der Waals surface area contributed by atoms with Gasteiger partial charge in [0, 0.05) is 18.0 Å². The first-order valence-electron chi connectivity index (χ1n) is 16.2. The van der Waals surface area contributed by atoms with E-state index in [9.17, 15) is 18.0 Å². The van der Waals surface area contributed by atoms with Crippen LogP contribution >= 0.6 is 0 Å². The fourth-order valence-corrected chi connectivity index (χ4v) is 4.94. The third-order valence-corrected chi connectivity index (χ3v) is 7.67. The summed E-state index contributed by atoms with van der Waals surface area (Å²) in [5.74, 6) is 0.335. The number of aromatic nitrogens is 2. The van der Waals surface area contributed by atoms with Crippen LogP contribution in [0.1, 0.15) is 119 Å². The average molecular weight is 613 g/mol. The van der Waals surface area contributed by atoms with Gasteiger partial charge in [-0.2, -0.15) is 13.2 Å². The van der Waals surface area contributed by atoms with E-state index in [-0.39, 0.29) is 18.6 Å². The van der Waals surface area contributed by atoms with Gasteiger partial charge in [0.2, 0.25) is 0 Å². The third kappa shape index (κ3) is 12.7. The van der Waals surface area contributed by atoms with Gasteiger partial charge >= 0.3 is 12.1 Å². The molecule has 0 bridgehead atoms. The van der Waals surface area contributed by atoms with Crippen LogP contribution in [0.4, 0.5) is 13.2 Å². The summed E-state index contributed by atoms with van der Waals surface area (Å²) in [5.41, 5.74) is 2.89. The van der Waals surface area contributed by atoms with Crippen LogP contribution in [0.3, 0.4) is 0 Å². The Bertz CT molecular complexity index is 1210. The van der Waals surface area contributed by atoms with Gasteiger partial charge in [-0.15, -0.1) is 0 Å². The number of esters is 1. The van der Waals surface area contributed by atoms with Crippen molar-refractivity contribution < 1.29 is 27.4 Å². The number of halogens is 3. The van der Waals surface area contributed by atoms with Crippen LogP contribution in [-0.4, -0.2) is 28.2 Å². The molecule has 8 heteroatoms. The van der Waals surface area contributed by atoms with Crippen LogP contribution in [0.25, 0.3) is 11.4 Å². The zero-order chi connectivity index (χ0) is 31.6. The highest BCUT2D eigenvalue weighted by Gasteiger charge is 2.42. The fourth-order valence-electron chi connectivity index (χ4n) is 4.94. The van der Waals surface area contributed by atoms with Gasteiger partial charge in [-0.1, -0.05) is 90.2 Å². The Hall–Kier alpha value is -3.42. The minimum Gasteiger partial charge on any atom is -0.489 e. The maximum absolute atomic E-state index is 13.4. The molecule has 0 spiro atoms. The second-order valence-electron chi connectivity index (χ2n) is 11.4. The molecular formula is C36H47F3N2O3. The predicted molar refractivity (Wildman–Crippen MR) is 169 cm³/mol. The lowest BCUT2D eigenvalue weighted by Crippen LogP contribution is -2.33. The molecule has 3 rings (SSSR count). The van der Waals surface area contributed by atoms with E-state index in [0.717, 1.165) is 42.4 Å². The Balaban J connectivity index is 1.42. The van der Waals surface area contributed by atoms with Crippen molar-refractivity contribution in [1.82, 2.24) is 9.97 Å². The van der Waals surface area contributed by atoms with E-state index < -0.39 is 18.2 Å². The standard InChI is InChI=1S/C36H47F3N2O3/c1-3-5-7-9-10-11-12-13-15-29-25-40-34(41-26-29)30-21-23-32(24-22-30)43-27-28-17-19-31(20-18-28)35(42)44-33(36(37,38)39)16-14-8-6-4-2/h17-26,33H,3-16,27H2,1-2H3. The van der Waals surface area contributed by atoms with E-state index in [1.165, 1.54) is 57.1 Å². The number of hydrogen-bond donors (Lipinski definition) is 0. The highest BCUT2D eigenvalue weighted by molar-refractivity contribution is 5.89. The molecule has 0 radical (unpaired) electrons. The fraction of sp³-hybridized carbons (Fsp3) is 0.528. The zero-order valence-electron chi connectivity index (χ0n) is 26.2. The summed E-state index contributed by atoms with van der Waals surface area (Å²) in [5, 5.41) is 0. The quantitative estimate of drug-likeness (QED) is 0.0938. The van der Waals surface area contributed by atoms with E-state index in [2.05, 4.69) is 16.9 Å². The van der Waals surface area contributed by atoms with Crippen LogP contribution in [0, 0.1) is 0 Å². The number of alkyl halides is 3. The molecule has 1 unspecified atom stereocenters. The second kappa shape index (κ2) is 19.1. The third-order valence-electron chi connectivity index (χ3n) is 7.67. The van der Waals surface area contributed by atoms with E-state index in [1.807, 2.05) is 43.6 Å². The molecule has 1 aromatic heterocycles. The van der Waals surface area contributed by atoms with Crippen molar-refractivity contribution in [3.8, 4) is 17.1 Å². The maximum Gasteiger partial charge on any atom is 0.425 e. The molecule has 0 fully saturated rings. The summed E-state index contributed by atoms with van der Waals surface area (Å²) >= 11 is 0. The first-order chi connectivity index (χ1) is 21.3. The van der Waals surface area contributed by atoms with E-state index in [4.69, 9.17) is 9.47 Å². The van der Waals surface area contributed by atoms with Crippen LogP contribution in [0.5, 0.6) is 5.75 Å². The summed E-state index contributed by atoms with van der Waals surface area (Å²) in [4.78, 5) is 21.5. The largest absolute Gasteiger partial charge is 0.489 e. The van der Waals surface area contributed by atoms with Gasteiger partial charge in [-0.05, 0) is 73.2 Å². The molecule has 0 aliphatic rings. The zero-order valence-corrected chi connectivity index (χ0v) is 26.2. The minimum atomic E-state index is -4.59. The number of benzene rings is 2. The highest BCUT2D eigenvalue weighted by atomic mass is 19.4. The molecule has 5 nitrogen and oxygen atoms in total. The number of unbranched alkanes of at least 4 members (excludes halogenated alkanes) is 10. The Morgan fingerprint density at radius 3 is 1.89 bits per heavy atom. The normalized spacial score (nSPS) is 12.2. The van der Waals surface area contributed by atoms with Crippen LogP contribution < -0.4 is 4.74 Å². The topological polar surface area (TPSA) is 61.3 Å². The molecule has 0 N–H and O–H groups in total. The number of carbonyl (C=O) groups excluding carboxylic acids is 1. The van der Waals surface area contributed by atoms with E-state index in [1.54, 1.807) is 12.1 Å². The van der Waals surface area contributed by atoms with Crippen molar-refractivity contribution in [1.29, 1.82) is 0 Å². The molecule has 0 saturated heterocycles. The lowest BCUT2D eigenvalue weighted by molar-refractivity contribution is -0.206. The Morgan fingerprint density at radius 1 is 0.727 bits per heavy atom. The van der Waals surface area contributed by atoms with Crippen LogP contribution in [0.2, 0.25) is 0 Å². The van der Waals surface area contributed by atoms with Crippen molar-refractivity contribution >= 4 is 5.97 Å². The number of nitrogens with zero attached hydrogens (tertiary/aromatic N) is 2. The number of aryl methyl sites for hydroxylation is 1. The van der Waals surface area contributed by atoms with Gasteiger partial charge in [0.05, 0.1) is 5.56 Å². The average Bonchev–Trinajstić information content (AvgIpc) is 3.03. The Labute approximate surface area is 260 Å². The van der Waals surface area contributed by atoms with Crippen molar-refractivity contribution in [3.05, 3.63) is 77.6 Å². The van der Waals surface area contributed by atoms with Crippen molar-refractivity contribution in [3.63, 3.8) is 0 Å². The van der Waals surface area contributed by atoms with Crippen molar-refractivity contribution in [2.75, 3.05) is 0 Å². The van der Waals surface area contributed by atoms with Gasteiger partial charge in [0.25, 0.3) is 0 Å². The minimum absolute atomic E-state index is 0.0738. The second-order valence-corrected chi connectivity index (χ2v) is 11.4. The first-order valence-corrected chi connectivity index (χ1v) is 16.2. The summed E-state index contributed by atoms with van der Waals surface area (Å²) in [6.07, 6.45) is 11.1. The number of ether oxygens (including phenoxy) is 2. The van der Waals surface area contributed by atoms with Crippen LogP contribution in [-0.2, 0) is 17.8 Å². The monoisotopic (exact) mass is 612 g/mol. The Morgan fingerprint density at radius 2 is 1.30 bits per heavy atom. The van der Waals surface area contributed by atoms with Gasteiger partial charge in [0.15, 0.2) is 11.9 Å². The number of hydrogen-bond acceptors (Lipinski definition) is 5. The molecule has 0 aliphatic carbocycles. The first kappa shape index (κ1) is 35.1. The van der Waals surface area contributed by atoms with Crippen molar-refractivity contribution in [2.24, 2.45) is 0 Å². The lowest BCUT2D eigenvalue weighted by Gasteiger charge is -2.20. The molecule has 0 amide bonds. The van der Waals surface area contributed by atoms with Gasteiger partial charge < -0.3 is 9.47 Å². The SMILES string of the molecule is CCCCCCCCCCc1cnc(-c2ccc(OCc3ccc(C(=O)OC(CCCCCC)C(F)(F)F)cc3)cc2)nc1.